The quantitative estimate of drug-likeness (QED) is 0.625. The van der Waals surface area contributed by atoms with Gasteiger partial charge >= 0.3 is 0 Å². The van der Waals surface area contributed by atoms with Crippen LogP contribution >= 0.6 is 0 Å². The molecule has 1 saturated carbocycles. The number of fused-ring (bicyclic) bond motifs is 1. The molecule has 0 aliphatic heterocycles. The van der Waals surface area contributed by atoms with Gasteiger partial charge in [-0.2, -0.15) is 0 Å². The molecule has 1 aliphatic carbocycles. The van der Waals surface area contributed by atoms with E-state index in [1.165, 1.54) is 35.1 Å². The first-order chi connectivity index (χ1) is 12.5. The third-order valence-electron chi connectivity index (χ3n) is 5.70. The molecule has 136 valence electrons. The number of nitrogens with zero attached hydrogens (tertiary/aromatic N) is 4. The molecular weight excluding hydrogens is 320 g/mol. The second-order valence-electron chi connectivity index (χ2n) is 7.73. The number of rotatable bonds is 5. The fourth-order valence-electron chi connectivity index (χ4n) is 4.50. The molecule has 1 atom stereocenters. The Morgan fingerprint density at radius 2 is 1.77 bits per heavy atom. The Kier molecular flexibility index (Phi) is 4.29. The van der Waals surface area contributed by atoms with E-state index in [2.05, 4.69) is 61.3 Å². The smallest absolute Gasteiger partial charge is 0.164 e. The van der Waals surface area contributed by atoms with Crippen molar-refractivity contribution in [1.82, 2.24) is 19.5 Å². The number of aromatic nitrogens is 4. The lowest BCUT2D eigenvalue weighted by Gasteiger charge is -2.19. The van der Waals surface area contributed by atoms with E-state index in [1.807, 2.05) is 0 Å². The van der Waals surface area contributed by atoms with Crippen molar-refractivity contribution in [1.29, 1.82) is 0 Å². The molecule has 26 heavy (non-hydrogen) atoms. The van der Waals surface area contributed by atoms with E-state index in [0.717, 1.165) is 41.4 Å². The van der Waals surface area contributed by atoms with E-state index in [1.54, 1.807) is 6.33 Å². The van der Waals surface area contributed by atoms with Crippen LogP contribution in [0.3, 0.4) is 0 Å². The molecule has 1 unspecified atom stereocenters. The first kappa shape index (κ1) is 17.2. The van der Waals surface area contributed by atoms with Gasteiger partial charge in [0.2, 0.25) is 0 Å². The lowest BCUT2D eigenvalue weighted by atomic mass is 9.97. The fourth-order valence-corrected chi connectivity index (χ4v) is 4.50. The molecule has 4 nitrogen and oxygen atoms in total. The van der Waals surface area contributed by atoms with Crippen LogP contribution in [-0.4, -0.2) is 19.5 Å². The van der Waals surface area contributed by atoms with Crippen molar-refractivity contribution in [2.24, 2.45) is 5.92 Å². The maximum atomic E-state index is 5.03. The zero-order valence-electron chi connectivity index (χ0n) is 16.5. The summed E-state index contributed by atoms with van der Waals surface area (Å²) in [6.07, 6.45) is 6.43. The first-order valence-corrected chi connectivity index (χ1v) is 9.85. The largest absolute Gasteiger partial charge is 0.309 e. The van der Waals surface area contributed by atoms with Gasteiger partial charge < -0.3 is 4.57 Å². The Labute approximate surface area is 155 Å². The topological polar surface area (TPSA) is 43.6 Å². The molecule has 0 spiro atoms. The van der Waals surface area contributed by atoms with Crippen LogP contribution in [0.15, 0.2) is 18.5 Å². The zero-order chi connectivity index (χ0) is 18.4. The molecule has 4 heteroatoms. The number of hydrogen-bond donors (Lipinski definition) is 0. The molecule has 0 N–H and O–H groups in total. The summed E-state index contributed by atoms with van der Waals surface area (Å²) in [6, 6.07) is 4.97. The minimum atomic E-state index is 0.512. The molecule has 0 amide bonds. The molecule has 1 aromatic carbocycles. The van der Waals surface area contributed by atoms with Crippen molar-refractivity contribution in [3.05, 3.63) is 41.0 Å². The van der Waals surface area contributed by atoms with Gasteiger partial charge in [0.05, 0.1) is 0 Å². The molecule has 0 bridgehead atoms. The number of aryl methyl sites for hydroxylation is 4. The molecular formula is C22H28N4. The van der Waals surface area contributed by atoms with E-state index in [-0.39, 0.29) is 0 Å². The van der Waals surface area contributed by atoms with Crippen LogP contribution in [-0.2, 0) is 6.42 Å². The van der Waals surface area contributed by atoms with Gasteiger partial charge in [-0.25, -0.2) is 15.0 Å². The van der Waals surface area contributed by atoms with Crippen molar-refractivity contribution in [3.8, 4) is 11.3 Å². The summed E-state index contributed by atoms with van der Waals surface area (Å²) in [5.41, 5.74) is 7.93. The van der Waals surface area contributed by atoms with E-state index in [4.69, 9.17) is 4.98 Å². The Morgan fingerprint density at radius 3 is 2.35 bits per heavy atom. The van der Waals surface area contributed by atoms with Gasteiger partial charge in [0.25, 0.3) is 0 Å². The number of hydrogen-bond acceptors (Lipinski definition) is 3. The van der Waals surface area contributed by atoms with Crippen molar-refractivity contribution < 1.29 is 0 Å². The molecule has 4 rings (SSSR count). The molecule has 1 aliphatic rings. The maximum absolute atomic E-state index is 5.03. The SMILES string of the molecule is CCc1nc2c(-c3c(C)cc(C)cc3C)ncnc2n1C(CC)C1CC1. The molecule has 0 saturated heterocycles. The minimum absolute atomic E-state index is 0.512. The van der Waals surface area contributed by atoms with Crippen molar-refractivity contribution in [2.45, 2.75) is 66.3 Å². The molecule has 2 heterocycles. The maximum Gasteiger partial charge on any atom is 0.164 e. The zero-order valence-corrected chi connectivity index (χ0v) is 16.5. The first-order valence-electron chi connectivity index (χ1n) is 9.85. The second kappa shape index (κ2) is 6.49. The monoisotopic (exact) mass is 348 g/mol. The van der Waals surface area contributed by atoms with Crippen LogP contribution in [0.2, 0.25) is 0 Å². The minimum Gasteiger partial charge on any atom is -0.309 e. The predicted octanol–water partition coefficient (Wildman–Crippen LogP) is 5.34. The highest BCUT2D eigenvalue weighted by Crippen LogP contribution is 2.43. The van der Waals surface area contributed by atoms with Crippen LogP contribution in [0.1, 0.15) is 61.7 Å². The van der Waals surface area contributed by atoms with Gasteiger partial charge in [0, 0.05) is 18.0 Å². The van der Waals surface area contributed by atoms with Crippen LogP contribution in [0.4, 0.5) is 0 Å². The van der Waals surface area contributed by atoms with Gasteiger partial charge in [0.15, 0.2) is 5.65 Å². The van der Waals surface area contributed by atoms with E-state index < -0.39 is 0 Å². The molecule has 1 fully saturated rings. The van der Waals surface area contributed by atoms with Crippen molar-refractivity contribution in [2.75, 3.05) is 0 Å². The molecule has 3 aromatic rings. The summed E-state index contributed by atoms with van der Waals surface area (Å²) in [7, 11) is 0. The van der Waals surface area contributed by atoms with Crippen LogP contribution in [0, 0.1) is 26.7 Å². The highest BCUT2D eigenvalue weighted by molar-refractivity contribution is 5.89. The van der Waals surface area contributed by atoms with Gasteiger partial charge in [-0.1, -0.05) is 31.5 Å². The highest BCUT2D eigenvalue weighted by atomic mass is 15.2. The third-order valence-corrected chi connectivity index (χ3v) is 5.70. The Hall–Kier alpha value is -2.23. The third kappa shape index (κ3) is 2.72. The van der Waals surface area contributed by atoms with Crippen molar-refractivity contribution >= 4 is 11.2 Å². The number of benzene rings is 1. The number of imidazole rings is 1. The average molecular weight is 348 g/mol. The summed E-state index contributed by atoms with van der Waals surface area (Å²) in [6.45, 7) is 10.9. The van der Waals surface area contributed by atoms with Crippen LogP contribution in [0.25, 0.3) is 22.4 Å². The summed E-state index contributed by atoms with van der Waals surface area (Å²) < 4.78 is 2.41. The Bertz CT molecular complexity index is 943. The Balaban J connectivity index is 1.98. The summed E-state index contributed by atoms with van der Waals surface area (Å²) in [4.78, 5) is 14.4. The lowest BCUT2D eigenvalue weighted by Crippen LogP contribution is -2.14. The predicted molar refractivity (Wildman–Crippen MR) is 106 cm³/mol. The van der Waals surface area contributed by atoms with Gasteiger partial charge in [0.1, 0.15) is 23.4 Å². The van der Waals surface area contributed by atoms with Crippen LogP contribution in [0.5, 0.6) is 0 Å². The summed E-state index contributed by atoms with van der Waals surface area (Å²) in [5.74, 6) is 1.92. The van der Waals surface area contributed by atoms with Gasteiger partial charge in [-0.05, 0) is 57.1 Å². The fraction of sp³-hybridized carbons (Fsp3) is 0.500. The highest BCUT2D eigenvalue weighted by Gasteiger charge is 2.34. The normalized spacial score (nSPS) is 15.6. The van der Waals surface area contributed by atoms with E-state index >= 15 is 0 Å². The van der Waals surface area contributed by atoms with Crippen molar-refractivity contribution in [3.63, 3.8) is 0 Å². The lowest BCUT2D eigenvalue weighted by molar-refractivity contribution is 0.427. The Morgan fingerprint density at radius 1 is 1.08 bits per heavy atom. The molecule has 0 radical (unpaired) electrons. The second-order valence-corrected chi connectivity index (χ2v) is 7.73. The van der Waals surface area contributed by atoms with Gasteiger partial charge in [-0.3, -0.25) is 0 Å². The van der Waals surface area contributed by atoms with E-state index in [0.29, 0.717) is 6.04 Å². The summed E-state index contributed by atoms with van der Waals surface area (Å²) >= 11 is 0. The molecule has 2 aromatic heterocycles. The average Bonchev–Trinajstić information content (AvgIpc) is 3.36. The summed E-state index contributed by atoms with van der Waals surface area (Å²) in [5, 5.41) is 0. The van der Waals surface area contributed by atoms with Gasteiger partial charge in [-0.15, -0.1) is 0 Å². The standard InChI is InChI=1S/C22H28N4/c1-6-17(16-8-9-16)26-18(7-2)25-21-20(23-12-24-22(21)26)19-14(4)10-13(3)11-15(19)5/h10-12,16-17H,6-9H2,1-5H3. The van der Waals surface area contributed by atoms with E-state index in [9.17, 15) is 0 Å². The van der Waals surface area contributed by atoms with Crippen LogP contribution < -0.4 is 0 Å².